The third-order valence-corrected chi connectivity index (χ3v) is 2.03. The fourth-order valence-corrected chi connectivity index (χ4v) is 1.38. The van der Waals surface area contributed by atoms with Crippen LogP contribution < -0.4 is 0 Å². The predicted molar refractivity (Wildman–Crippen MR) is 50.0 cm³/mol. The molecule has 0 aromatic carbocycles. The molecule has 82 valence electrons. The van der Waals surface area contributed by atoms with Gasteiger partial charge in [-0.3, -0.25) is 4.98 Å². The lowest BCUT2D eigenvalue weighted by Gasteiger charge is -2.09. The molecule has 0 spiro atoms. The summed E-state index contributed by atoms with van der Waals surface area (Å²) < 4.78 is 29.3. The minimum Gasteiger partial charge on any atom is -0.465 e. The van der Waals surface area contributed by atoms with E-state index in [2.05, 4.69) is 9.72 Å². The third-order valence-electron chi connectivity index (χ3n) is 2.03. The van der Waals surface area contributed by atoms with E-state index >= 15 is 0 Å². The molecule has 0 saturated carbocycles. The summed E-state index contributed by atoms with van der Waals surface area (Å²) in [6, 6.07) is 1.20. The SMILES string of the molecule is COC(=O)c1c(C)cc(C(F)F)nc1C. The Kier molecular flexibility index (Phi) is 3.34. The molecular formula is C10H11F2NO2. The Hall–Kier alpha value is -1.52. The van der Waals surface area contributed by atoms with Crippen LogP contribution in [-0.4, -0.2) is 18.1 Å². The second-order valence-corrected chi connectivity index (χ2v) is 3.12. The van der Waals surface area contributed by atoms with Crippen molar-refractivity contribution in [1.82, 2.24) is 4.98 Å². The molecule has 15 heavy (non-hydrogen) atoms. The van der Waals surface area contributed by atoms with Crippen molar-refractivity contribution in [2.24, 2.45) is 0 Å². The number of hydrogen-bond acceptors (Lipinski definition) is 3. The number of carbonyl (C=O) groups excluding carboxylic acids is 1. The highest BCUT2D eigenvalue weighted by atomic mass is 19.3. The molecule has 0 aliphatic carbocycles. The number of carbonyl (C=O) groups is 1. The number of rotatable bonds is 2. The summed E-state index contributed by atoms with van der Waals surface area (Å²) in [5.41, 5.74) is 0.640. The molecule has 0 unspecified atom stereocenters. The van der Waals surface area contributed by atoms with E-state index in [0.717, 1.165) is 0 Å². The highest BCUT2D eigenvalue weighted by Crippen LogP contribution is 2.21. The van der Waals surface area contributed by atoms with Crippen molar-refractivity contribution in [3.8, 4) is 0 Å². The number of alkyl halides is 2. The van der Waals surface area contributed by atoms with Gasteiger partial charge in [-0.2, -0.15) is 0 Å². The lowest BCUT2D eigenvalue weighted by atomic mass is 10.1. The minimum atomic E-state index is -2.63. The zero-order valence-corrected chi connectivity index (χ0v) is 8.67. The van der Waals surface area contributed by atoms with Gasteiger partial charge in [0, 0.05) is 0 Å². The van der Waals surface area contributed by atoms with E-state index in [-0.39, 0.29) is 17.0 Å². The molecule has 3 nitrogen and oxygen atoms in total. The zero-order chi connectivity index (χ0) is 11.6. The Balaban J connectivity index is 3.27. The molecular weight excluding hydrogens is 204 g/mol. The standard InChI is InChI=1S/C10H11F2NO2/c1-5-4-7(9(11)12)13-6(2)8(5)10(14)15-3/h4,9H,1-3H3. The molecule has 0 bridgehead atoms. The molecule has 0 aliphatic heterocycles. The Morgan fingerprint density at radius 1 is 1.47 bits per heavy atom. The molecule has 0 N–H and O–H groups in total. The highest BCUT2D eigenvalue weighted by Gasteiger charge is 2.18. The van der Waals surface area contributed by atoms with Crippen LogP contribution in [0.25, 0.3) is 0 Å². The molecule has 0 fully saturated rings. The van der Waals surface area contributed by atoms with E-state index in [0.29, 0.717) is 5.56 Å². The van der Waals surface area contributed by atoms with Crippen LogP contribution >= 0.6 is 0 Å². The Labute approximate surface area is 86.1 Å². The average Bonchev–Trinajstić information content (AvgIpc) is 2.16. The van der Waals surface area contributed by atoms with Gasteiger partial charge in [-0.1, -0.05) is 0 Å². The maximum atomic E-state index is 12.4. The third kappa shape index (κ3) is 2.29. The minimum absolute atomic E-state index is 0.252. The monoisotopic (exact) mass is 215 g/mol. The summed E-state index contributed by atoms with van der Waals surface area (Å²) in [6.45, 7) is 3.08. The smallest absolute Gasteiger partial charge is 0.339 e. The van der Waals surface area contributed by atoms with Crippen LogP contribution in [0.15, 0.2) is 6.07 Å². The van der Waals surface area contributed by atoms with E-state index in [1.807, 2.05) is 0 Å². The van der Waals surface area contributed by atoms with E-state index in [9.17, 15) is 13.6 Å². The van der Waals surface area contributed by atoms with Crippen LogP contribution in [0, 0.1) is 13.8 Å². The van der Waals surface area contributed by atoms with Crippen LogP contribution in [0.5, 0.6) is 0 Å². The van der Waals surface area contributed by atoms with E-state index in [1.54, 1.807) is 6.92 Å². The van der Waals surface area contributed by atoms with Crippen molar-refractivity contribution < 1.29 is 18.3 Å². The van der Waals surface area contributed by atoms with E-state index < -0.39 is 12.4 Å². The largest absolute Gasteiger partial charge is 0.465 e. The number of hydrogen-bond donors (Lipinski definition) is 0. The molecule has 1 heterocycles. The Morgan fingerprint density at radius 2 is 2.07 bits per heavy atom. The number of aryl methyl sites for hydroxylation is 2. The highest BCUT2D eigenvalue weighted by molar-refractivity contribution is 5.92. The van der Waals surface area contributed by atoms with Crippen molar-refractivity contribution in [2.45, 2.75) is 20.3 Å². The first-order valence-corrected chi connectivity index (χ1v) is 4.32. The number of aromatic nitrogens is 1. The summed E-state index contributed by atoms with van der Waals surface area (Å²) in [5, 5.41) is 0. The van der Waals surface area contributed by atoms with Crippen LogP contribution in [0.4, 0.5) is 8.78 Å². The molecule has 0 radical (unpaired) electrons. The van der Waals surface area contributed by atoms with E-state index in [4.69, 9.17) is 0 Å². The maximum Gasteiger partial charge on any atom is 0.339 e. The molecule has 1 aromatic rings. The average molecular weight is 215 g/mol. The van der Waals surface area contributed by atoms with Crippen molar-refractivity contribution in [3.63, 3.8) is 0 Å². The fourth-order valence-electron chi connectivity index (χ4n) is 1.38. The van der Waals surface area contributed by atoms with Gasteiger partial charge in [0.25, 0.3) is 6.43 Å². The van der Waals surface area contributed by atoms with Gasteiger partial charge in [0.15, 0.2) is 0 Å². The van der Waals surface area contributed by atoms with Crippen LogP contribution in [0.3, 0.4) is 0 Å². The van der Waals surface area contributed by atoms with Gasteiger partial charge in [0.1, 0.15) is 5.69 Å². The summed E-state index contributed by atoms with van der Waals surface area (Å²) in [5.74, 6) is -0.557. The first kappa shape index (κ1) is 11.6. The van der Waals surface area contributed by atoms with Crippen LogP contribution in [0.1, 0.15) is 33.7 Å². The van der Waals surface area contributed by atoms with Crippen LogP contribution in [0.2, 0.25) is 0 Å². The van der Waals surface area contributed by atoms with Gasteiger partial charge in [-0.05, 0) is 25.5 Å². The summed E-state index contributed by atoms with van der Waals surface area (Å²) in [4.78, 5) is 14.9. The van der Waals surface area contributed by atoms with Gasteiger partial charge in [0.2, 0.25) is 0 Å². The number of nitrogens with zero attached hydrogens (tertiary/aromatic N) is 1. The number of ether oxygens (including phenoxy) is 1. The van der Waals surface area contributed by atoms with Gasteiger partial charge in [0.05, 0.1) is 18.4 Å². The number of methoxy groups -OCH3 is 1. The number of pyridine rings is 1. The van der Waals surface area contributed by atoms with Crippen LogP contribution in [-0.2, 0) is 4.74 Å². The molecule has 0 saturated heterocycles. The summed E-state index contributed by atoms with van der Waals surface area (Å²) in [6.07, 6.45) is -2.63. The Morgan fingerprint density at radius 3 is 2.47 bits per heavy atom. The van der Waals surface area contributed by atoms with Crippen molar-refractivity contribution in [1.29, 1.82) is 0 Å². The summed E-state index contributed by atoms with van der Waals surface area (Å²) in [7, 11) is 1.24. The van der Waals surface area contributed by atoms with Gasteiger partial charge in [-0.15, -0.1) is 0 Å². The van der Waals surface area contributed by atoms with E-state index in [1.165, 1.54) is 20.1 Å². The second kappa shape index (κ2) is 4.33. The Bertz CT molecular complexity index is 368. The second-order valence-electron chi connectivity index (χ2n) is 3.12. The van der Waals surface area contributed by atoms with Gasteiger partial charge < -0.3 is 4.74 Å². The van der Waals surface area contributed by atoms with Gasteiger partial charge >= 0.3 is 5.97 Å². The normalized spacial score (nSPS) is 10.5. The topological polar surface area (TPSA) is 39.2 Å². The fraction of sp³-hybridized carbons (Fsp3) is 0.400. The predicted octanol–water partition coefficient (Wildman–Crippen LogP) is 2.42. The van der Waals surface area contributed by atoms with Crippen molar-refractivity contribution in [3.05, 3.63) is 28.6 Å². The van der Waals surface area contributed by atoms with Crippen molar-refractivity contribution >= 4 is 5.97 Å². The molecule has 0 atom stereocenters. The lowest BCUT2D eigenvalue weighted by molar-refractivity contribution is 0.0597. The molecule has 0 aliphatic rings. The maximum absolute atomic E-state index is 12.4. The molecule has 1 rings (SSSR count). The molecule has 5 heteroatoms. The zero-order valence-electron chi connectivity index (χ0n) is 8.67. The number of esters is 1. The lowest BCUT2D eigenvalue weighted by Crippen LogP contribution is -2.09. The molecule has 1 aromatic heterocycles. The van der Waals surface area contributed by atoms with Gasteiger partial charge in [-0.25, -0.2) is 13.6 Å². The first-order chi connectivity index (χ1) is 6.97. The molecule has 0 amide bonds. The first-order valence-electron chi connectivity index (χ1n) is 4.32. The summed E-state index contributed by atoms with van der Waals surface area (Å²) >= 11 is 0. The van der Waals surface area contributed by atoms with Crippen molar-refractivity contribution in [2.75, 3.05) is 7.11 Å². The number of halogens is 2. The quantitative estimate of drug-likeness (QED) is 0.711.